The molecule has 0 aromatic heterocycles. The summed E-state index contributed by atoms with van der Waals surface area (Å²) in [7, 11) is 10.2. The standard InChI is InChI=1S/C69H120N8O14/c1-25-27-28-44(13)61(81)60-62(82)70-51(26-2)66(86)71(18)48(17)64(84)76(23)59(47(16)37-91-49-29-30-90-38-49)57(80)36-50(42(9)10)65(85)72(19)52(31-39(3)4)56(79)34-45(14)55(78)35-46(15)63(83)73(20)53(32-40(5)6)67(87)74(21)54(33-41(7)8)68(88)75(22)58(43(11)12)69(89)77(60)24/h25,27,39-54,58-61,81H,26,28-38H2,1-24H3,(H,70,82)/b27-25+/t44-,45-,46+,47-,48-,49+,50+,51+,52+,53+,54+,58+,59+,60+,61-/m1/s1. The maximum absolute atomic E-state index is 15.3. The van der Waals surface area contributed by atoms with Gasteiger partial charge in [0.1, 0.15) is 42.0 Å². The van der Waals surface area contributed by atoms with Gasteiger partial charge in [0.25, 0.3) is 0 Å². The summed E-state index contributed by atoms with van der Waals surface area (Å²) in [6.07, 6.45) is 2.57. The van der Waals surface area contributed by atoms with Gasteiger partial charge in [-0.15, -0.1) is 0 Å². The zero-order valence-corrected chi connectivity index (χ0v) is 60.1. The molecular weight excluding hydrogens is 1160 g/mol. The second kappa shape index (κ2) is 37.3. The van der Waals surface area contributed by atoms with Crippen molar-refractivity contribution in [2.45, 2.75) is 236 Å². The second-order valence-corrected chi connectivity index (χ2v) is 28.5. The van der Waals surface area contributed by atoms with Crippen LogP contribution in [-0.2, 0) is 62.2 Å². The minimum atomic E-state index is -1.62. The fourth-order valence-corrected chi connectivity index (χ4v) is 12.6. The molecule has 0 spiro atoms. The molecular formula is C69H120N8O14. The van der Waals surface area contributed by atoms with E-state index in [4.69, 9.17) is 9.47 Å². The number of hydrogen-bond donors (Lipinski definition) is 2. The quantitative estimate of drug-likeness (QED) is 0.151. The SMILES string of the molecule is C/C=C/C[C@@H](C)[C@@H](O)[C@H]1C(=O)N[C@@H](CC)C(=O)N(C)[C@H](C)C(=O)N(C)[C@@H]([C@H](C)CO[C@H]2CCOC2)C(=O)C[C@@H](C(C)C)C(=O)N(C)[C@@H](CC(C)C)C(=O)C[C@@H](C)C(=O)C[C@H](C)C(=O)N(C)[C@@H](CC(C)C)C(=O)N(C)[C@@H](CC(C)C)C(=O)N(C)[C@@H](C(C)C)C(=O)N1C. The first-order chi connectivity index (χ1) is 42.2. The van der Waals surface area contributed by atoms with Gasteiger partial charge < -0.3 is 54.2 Å². The minimum Gasteiger partial charge on any atom is -0.390 e. The predicted octanol–water partition coefficient (Wildman–Crippen LogP) is 6.32. The molecule has 2 N–H and O–H groups in total. The summed E-state index contributed by atoms with van der Waals surface area (Å²) in [4.78, 5) is 172. The maximum atomic E-state index is 15.3. The first kappa shape index (κ1) is 81.5. The summed E-state index contributed by atoms with van der Waals surface area (Å²) in [5.41, 5.74) is 0. The van der Waals surface area contributed by atoms with E-state index in [0.29, 0.717) is 26.1 Å². The highest BCUT2D eigenvalue weighted by molar-refractivity contribution is 6.00. The van der Waals surface area contributed by atoms with Gasteiger partial charge in [-0.25, -0.2) is 0 Å². The van der Waals surface area contributed by atoms with Gasteiger partial charge in [0.2, 0.25) is 47.3 Å². The third kappa shape index (κ3) is 22.3. The molecule has 2 fully saturated rings. The average Bonchev–Trinajstić information content (AvgIpc) is 1.03. The highest BCUT2D eigenvalue weighted by atomic mass is 16.5. The van der Waals surface area contributed by atoms with E-state index in [-0.39, 0.29) is 87.0 Å². The van der Waals surface area contributed by atoms with E-state index < -0.39 is 149 Å². The number of allylic oxidation sites excluding steroid dienone is 2. The van der Waals surface area contributed by atoms with Gasteiger partial charge in [-0.05, 0) is 87.9 Å². The molecule has 2 aliphatic heterocycles. The topological polar surface area (TPSA) is 261 Å². The van der Waals surface area contributed by atoms with Crippen LogP contribution < -0.4 is 5.32 Å². The molecule has 2 aliphatic rings. The number of aliphatic hydroxyl groups is 1. The number of carbonyl (C=O) groups excluding carboxylic acids is 11. The maximum Gasteiger partial charge on any atom is 0.246 e. The Labute approximate surface area is 546 Å². The van der Waals surface area contributed by atoms with Crippen LogP contribution in [0.25, 0.3) is 0 Å². The monoisotopic (exact) mass is 1280 g/mol. The van der Waals surface area contributed by atoms with E-state index in [0.717, 1.165) is 4.90 Å². The van der Waals surface area contributed by atoms with Crippen LogP contribution in [-0.4, -0.2) is 234 Å². The van der Waals surface area contributed by atoms with E-state index in [2.05, 4.69) is 5.32 Å². The Morgan fingerprint density at radius 2 is 1.02 bits per heavy atom. The fourth-order valence-electron chi connectivity index (χ4n) is 12.6. The Morgan fingerprint density at radius 1 is 0.538 bits per heavy atom. The van der Waals surface area contributed by atoms with Crippen LogP contribution in [0, 0.1) is 59.2 Å². The van der Waals surface area contributed by atoms with Crippen molar-refractivity contribution in [1.29, 1.82) is 0 Å². The number of amides is 8. The van der Waals surface area contributed by atoms with Gasteiger partial charge in [-0.1, -0.05) is 116 Å². The Morgan fingerprint density at radius 3 is 1.51 bits per heavy atom. The number of rotatable bonds is 17. The Bertz CT molecular complexity index is 2500. The smallest absolute Gasteiger partial charge is 0.246 e. The number of ketones is 3. The van der Waals surface area contributed by atoms with Crippen LogP contribution in [0.3, 0.4) is 0 Å². The van der Waals surface area contributed by atoms with Crippen molar-refractivity contribution < 1.29 is 67.3 Å². The number of Topliss-reactive ketones (excluding diaryl/α,β-unsaturated/α-hetero) is 3. The molecule has 22 heteroatoms. The summed E-state index contributed by atoms with van der Waals surface area (Å²) < 4.78 is 11.8. The lowest BCUT2D eigenvalue weighted by Gasteiger charge is -2.41. The number of carbonyl (C=O) groups is 11. The van der Waals surface area contributed by atoms with Crippen molar-refractivity contribution >= 4 is 64.6 Å². The third-order valence-electron chi connectivity index (χ3n) is 18.8. The van der Waals surface area contributed by atoms with Crippen molar-refractivity contribution in [3.05, 3.63) is 12.2 Å². The molecule has 0 saturated carbocycles. The molecule has 8 amide bonds. The molecule has 2 heterocycles. The molecule has 2 saturated heterocycles. The highest BCUT2D eigenvalue weighted by Crippen LogP contribution is 2.30. The van der Waals surface area contributed by atoms with Crippen molar-refractivity contribution in [2.75, 3.05) is 69.2 Å². The van der Waals surface area contributed by atoms with Gasteiger partial charge in [0.05, 0.1) is 37.5 Å². The van der Waals surface area contributed by atoms with E-state index in [1.54, 1.807) is 68.4 Å². The lowest BCUT2D eigenvalue weighted by atomic mass is 9.83. The molecule has 520 valence electrons. The summed E-state index contributed by atoms with van der Waals surface area (Å²) in [5.74, 6) is -11.6. The minimum absolute atomic E-state index is 0.0107. The van der Waals surface area contributed by atoms with Crippen LogP contribution in [0.4, 0.5) is 0 Å². The zero-order valence-electron chi connectivity index (χ0n) is 60.1. The van der Waals surface area contributed by atoms with Crippen LogP contribution in [0.15, 0.2) is 12.2 Å². The van der Waals surface area contributed by atoms with Crippen molar-refractivity contribution in [2.24, 2.45) is 59.2 Å². The van der Waals surface area contributed by atoms with Gasteiger partial charge >= 0.3 is 0 Å². The molecule has 0 unspecified atom stereocenters. The number of aliphatic hydroxyl groups excluding tert-OH is 1. The van der Waals surface area contributed by atoms with Crippen molar-refractivity contribution in [3.8, 4) is 0 Å². The van der Waals surface area contributed by atoms with Crippen LogP contribution in [0.1, 0.15) is 175 Å². The number of hydrogen-bond acceptors (Lipinski definition) is 14. The molecule has 22 nitrogen and oxygen atoms in total. The number of likely N-dealkylation sites (N-methyl/N-ethyl adjacent to an activating group) is 7. The zero-order chi connectivity index (χ0) is 70.0. The van der Waals surface area contributed by atoms with E-state index >= 15 is 24.0 Å². The van der Waals surface area contributed by atoms with E-state index in [1.807, 2.05) is 54.5 Å². The summed E-state index contributed by atoms with van der Waals surface area (Å²) in [6, 6.07) is -9.80. The first-order valence-electron chi connectivity index (χ1n) is 33.5. The largest absolute Gasteiger partial charge is 0.390 e. The molecule has 0 aromatic carbocycles. The molecule has 2 rings (SSSR count). The van der Waals surface area contributed by atoms with Crippen LogP contribution >= 0.6 is 0 Å². The molecule has 91 heavy (non-hydrogen) atoms. The van der Waals surface area contributed by atoms with Crippen molar-refractivity contribution in [3.63, 3.8) is 0 Å². The lowest BCUT2D eigenvalue weighted by Crippen LogP contribution is -2.63. The first-order valence-corrected chi connectivity index (χ1v) is 33.5. The van der Waals surface area contributed by atoms with E-state index in [9.17, 15) is 33.9 Å². The third-order valence-corrected chi connectivity index (χ3v) is 18.8. The van der Waals surface area contributed by atoms with Gasteiger partial charge in [-0.2, -0.15) is 0 Å². The predicted molar refractivity (Wildman–Crippen MR) is 351 cm³/mol. The summed E-state index contributed by atoms with van der Waals surface area (Å²) in [6.45, 7) is 31.0. The number of nitrogens with zero attached hydrogens (tertiary/aromatic N) is 7. The van der Waals surface area contributed by atoms with Gasteiger partial charge in [-0.3, -0.25) is 52.7 Å². The molecule has 0 bridgehead atoms. The van der Waals surface area contributed by atoms with Gasteiger partial charge in [0, 0.05) is 98.9 Å². The molecule has 0 radical (unpaired) electrons. The number of nitrogens with one attached hydrogen (secondary N) is 1. The van der Waals surface area contributed by atoms with Crippen LogP contribution in [0.5, 0.6) is 0 Å². The molecule has 0 aliphatic carbocycles. The van der Waals surface area contributed by atoms with Crippen molar-refractivity contribution in [1.82, 2.24) is 39.6 Å². The normalized spacial score (nSPS) is 29.0. The highest BCUT2D eigenvalue weighted by Gasteiger charge is 2.46. The second-order valence-electron chi connectivity index (χ2n) is 28.5. The molecule has 0 aromatic rings. The number of ether oxygens (including phenoxy) is 2. The molecule has 15 atom stereocenters. The van der Waals surface area contributed by atoms with Gasteiger partial charge in [0.15, 0.2) is 11.6 Å². The average molecular weight is 1290 g/mol. The Kier molecular flexibility index (Phi) is 33.4. The Balaban J connectivity index is 3.03. The summed E-state index contributed by atoms with van der Waals surface area (Å²) in [5, 5.41) is 15.0. The summed E-state index contributed by atoms with van der Waals surface area (Å²) >= 11 is 0. The van der Waals surface area contributed by atoms with Crippen LogP contribution in [0.2, 0.25) is 0 Å². The fraction of sp³-hybridized carbons (Fsp3) is 0.812. The lowest BCUT2D eigenvalue weighted by molar-refractivity contribution is -0.157. The Hall–Kier alpha value is -5.61. The van der Waals surface area contributed by atoms with E-state index in [1.165, 1.54) is 85.7 Å².